The molecule has 5 nitrogen and oxygen atoms in total. The molecule has 0 spiro atoms. The first-order valence-corrected chi connectivity index (χ1v) is 9.51. The van der Waals surface area contributed by atoms with Gasteiger partial charge in [-0.05, 0) is 37.2 Å². The number of benzene rings is 1. The number of piperazine rings is 1. The molecular weight excluding hydrogens is 337 g/mol. The van der Waals surface area contributed by atoms with Crippen LogP contribution in [0, 0.1) is 10.6 Å². The van der Waals surface area contributed by atoms with E-state index in [1.165, 1.54) is 25.3 Å². The van der Waals surface area contributed by atoms with Gasteiger partial charge in [0.2, 0.25) is 0 Å². The zero-order valence-electron chi connectivity index (χ0n) is 14.4. The monoisotopic (exact) mass is 361 g/mol. The molecule has 0 radical (unpaired) electrons. The molecule has 0 unspecified atom stereocenters. The van der Waals surface area contributed by atoms with Gasteiger partial charge in [0.15, 0.2) is 4.77 Å². The SMILES string of the molecule is Fc1ccccc1N1CCN(Cn2nc3n(c2=S)CCCCC3)CC1. The minimum atomic E-state index is -0.143. The summed E-state index contributed by atoms with van der Waals surface area (Å²) in [7, 11) is 0. The predicted molar refractivity (Wildman–Crippen MR) is 98.8 cm³/mol. The zero-order valence-corrected chi connectivity index (χ0v) is 15.2. The molecule has 1 aromatic heterocycles. The van der Waals surface area contributed by atoms with Crippen LogP contribution in [0.4, 0.5) is 10.1 Å². The third-order valence-corrected chi connectivity index (χ3v) is 5.61. The van der Waals surface area contributed by atoms with Crippen molar-refractivity contribution in [2.24, 2.45) is 0 Å². The van der Waals surface area contributed by atoms with E-state index in [4.69, 9.17) is 17.3 Å². The number of aromatic nitrogens is 3. The molecule has 1 saturated heterocycles. The van der Waals surface area contributed by atoms with Crippen LogP contribution in [0.3, 0.4) is 0 Å². The quantitative estimate of drug-likeness (QED) is 0.786. The Labute approximate surface area is 152 Å². The lowest BCUT2D eigenvalue weighted by Gasteiger charge is -2.35. The van der Waals surface area contributed by atoms with Gasteiger partial charge in [-0.3, -0.25) is 4.90 Å². The molecule has 2 aliphatic heterocycles. The molecule has 0 atom stereocenters. The van der Waals surface area contributed by atoms with Gasteiger partial charge in [0.25, 0.3) is 0 Å². The summed E-state index contributed by atoms with van der Waals surface area (Å²) in [6, 6.07) is 7.01. The van der Waals surface area contributed by atoms with Crippen molar-refractivity contribution in [3.63, 3.8) is 0 Å². The van der Waals surface area contributed by atoms with Crippen LogP contribution < -0.4 is 4.90 Å². The summed E-state index contributed by atoms with van der Waals surface area (Å²) in [6.45, 7) is 5.14. The van der Waals surface area contributed by atoms with E-state index in [1.807, 2.05) is 16.8 Å². The molecule has 2 aromatic rings. The van der Waals surface area contributed by atoms with Crippen LogP contribution in [0.5, 0.6) is 0 Å². The Kier molecular flexibility index (Phi) is 4.85. The number of hydrogen-bond donors (Lipinski definition) is 0. The Balaban J connectivity index is 1.41. The number of fused-ring (bicyclic) bond motifs is 1. The smallest absolute Gasteiger partial charge is 0.199 e. The van der Waals surface area contributed by atoms with Crippen molar-refractivity contribution >= 4 is 17.9 Å². The molecule has 1 fully saturated rings. The molecule has 4 rings (SSSR count). The van der Waals surface area contributed by atoms with E-state index in [0.29, 0.717) is 5.69 Å². The van der Waals surface area contributed by atoms with E-state index in [0.717, 1.165) is 56.4 Å². The fourth-order valence-corrected chi connectivity index (χ4v) is 4.04. The molecule has 7 heteroatoms. The molecular formula is C18H24FN5S. The summed E-state index contributed by atoms with van der Waals surface area (Å²) in [6.07, 6.45) is 4.68. The van der Waals surface area contributed by atoms with Crippen LogP contribution >= 0.6 is 12.2 Å². The highest BCUT2D eigenvalue weighted by Crippen LogP contribution is 2.20. The maximum atomic E-state index is 13.9. The second-order valence-electron chi connectivity index (χ2n) is 6.86. The van der Waals surface area contributed by atoms with Gasteiger partial charge in [-0.1, -0.05) is 18.6 Å². The van der Waals surface area contributed by atoms with E-state index >= 15 is 0 Å². The zero-order chi connectivity index (χ0) is 17.2. The summed E-state index contributed by atoms with van der Waals surface area (Å²) in [4.78, 5) is 4.47. The highest BCUT2D eigenvalue weighted by atomic mass is 32.1. The lowest BCUT2D eigenvalue weighted by molar-refractivity contribution is 0.193. The van der Waals surface area contributed by atoms with E-state index in [-0.39, 0.29) is 5.82 Å². The molecule has 1 aromatic carbocycles. The third kappa shape index (κ3) is 3.48. The fourth-order valence-electron chi connectivity index (χ4n) is 3.75. The summed E-state index contributed by atoms with van der Waals surface area (Å²) < 4.78 is 19.0. The fraction of sp³-hybridized carbons (Fsp3) is 0.556. The van der Waals surface area contributed by atoms with Crippen LogP contribution in [0.2, 0.25) is 0 Å². The Hall–Kier alpha value is -1.73. The van der Waals surface area contributed by atoms with Crippen molar-refractivity contribution in [1.29, 1.82) is 0 Å². The van der Waals surface area contributed by atoms with Gasteiger partial charge in [0, 0.05) is 39.1 Å². The summed E-state index contributed by atoms with van der Waals surface area (Å²) in [5.74, 6) is 0.989. The standard InChI is InChI=1S/C18H24FN5S/c19-15-6-3-4-7-16(15)22-12-10-21(11-13-22)14-24-18(25)23-9-5-1-2-8-17(23)20-24/h3-4,6-7H,1-2,5,8-14H2. The van der Waals surface area contributed by atoms with Gasteiger partial charge >= 0.3 is 0 Å². The molecule has 3 heterocycles. The average Bonchev–Trinajstić information content (AvgIpc) is 2.79. The number of aryl methyl sites for hydroxylation is 1. The van der Waals surface area contributed by atoms with Crippen LogP contribution in [0.1, 0.15) is 25.1 Å². The number of anilines is 1. The van der Waals surface area contributed by atoms with E-state index in [9.17, 15) is 4.39 Å². The van der Waals surface area contributed by atoms with Crippen LogP contribution in [-0.4, -0.2) is 45.4 Å². The highest BCUT2D eigenvalue weighted by Gasteiger charge is 2.21. The van der Waals surface area contributed by atoms with Crippen molar-refractivity contribution in [3.05, 3.63) is 40.7 Å². The summed E-state index contributed by atoms with van der Waals surface area (Å²) in [5, 5.41) is 4.76. The largest absolute Gasteiger partial charge is 0.367 e. The van der Waals surface area contributed by atoms with Gasteiger partial charge in [-0.15, -0.1) is 0 Å². The molecule has 0 N–H and O–H groups in total. The normalized spacial score (nSPS) is 18.8. The Bertz CT molecular complexity index is 791. The number of hydrogen-bond acceptors (Lipinski definition) is 4. The molecule has 2 aliphatic rings. The van der Waals surface area contributed by atoms with Crippen molar-refractivity contribution in [3.8, 4) is 0 Å². The van der Waals surface area contributed by atoms with E-state index < -0.39 is 0 Å². The lowest BCUT2D eigenvalue weighted by atomic mass is 10.2. The topological polar surface area (TPSA) is 29.2 Å². The first-order valence-electron chi connectivity index (χ1n) is 9.11. The minimum Gasteiger partial charge on any atom is -0.367 e. The molecule has 25 heavy (non-hydrogen) atoms. The first kappa shape index (κ1) is 16.7. The van der Waals surface area contributed by atoms with Crippen molar-refractivity contribution in [1.82, 2.24) is 19.2 Å². The molecule has 0 amide bonds. The molecule has 0 bridgehead atoms. The first-order chi connectivity index (χ1) is 12.2. The van der Waals surface area contributed by atoms with Crippen molar-refractivity contribution in [2.75, 3.05) is 31.1 Å². The molecule has 0 aliphatic carbocycles. The minimum absolute atomic E-state index is 0.143. The van der Waals surface area contributed by atoms with Gasteiger partial charge in [-0.2, -0.15) is 5.10 Å². The van der Waals surface area contributed by atoms with E-state index in [2.05, 4.69) is 14.4 Å². The van der Waals surface area contributed by atoms with Crippen LogP contribution in [0.15, 0.2) is 24.3 Å². The maximum absolute atomic E-state index is 13.9. The average molecular weight is 361 g/mol. The highest BCUT2D eigenvalue weighted by molar-refractivity contribution is 7.71. The summed E-state index contributed by atoms with van der Waals surface area (Å²) >= 11 is 5.63. The second kappa shape index (κ2) is 7.25. The summed E-state index contributed by atoms with van der Waals surface area (Å²) in [5.41, 5.74) is 0.701. The Morgan fingerprint density at radius 3 is 2.60 bits per heavy atom. The van der Waals surface area contributed by atoms with Crippen molar-refractivity contribution < 1.29 is 4.39 Å². The number of nitrogens with zero attached hydrogens (tertiary/aromatic N) is 5. The van der Waals surface area contributed by atoms with Gasteiger partial charge in [-0.25, -0.2) is 9.07 Å². The third-order valence-electron chi connectivity index (χ3n) is 5.18. The number of para-hydroxylation sites is 1. The van der Waals surface area contributed by atoms with Crippen LogP contribution in [-0.2, 0) is 19.6 Å². The van der Waals surface area contributed by atoms with Crippen molar-refractivity contribution in [2.45, 2.75) is 38.9 Å². The van der Waals surface area contributed by atoms with Gasteiger partial charge in [0.05, 0.1) is 12.4 Å². The van der Waals surface area contributed by atoms with E-state index in [1.54, 1.807) is 6.07 Å². The maximum Gasteiger partial charge on any atom is 0.199 e. The van der Waals surface area contributed by atoms with Gasteiger partial charge in [0.1, 0.15) is 11.6 Å². The Morgan fingerprint density at radius 2 is 1.80 bits per heavy atom. The molecule has 134 valence electrons. The molecule has 0 saturated carbocycles. The lowest BCUT2D eigenvalue weighted by Crippen LogP contribution is -2.47. The van der Waals surface area contributed by atoms with Crippen LogP contribution in [0.25, 0.3) is 0 Å². The predicted octanol–water partition coefficient (Wildman–Crippen LogP) is 3.06. The number of halogens is 1. The Morgan fingerprint density at radius 1 is 1.00 bits per heavy atom. The van der Waals surface area contributed by atoms with Gasteiger partial charge < -0.3 is 9.47 Å². The second-order valence-corrected chi connectivity index (χ2v) is 7.22. The number of rotatable bonds is 3.